The molecule has 2 aromatic rings. The van der Waals surface area contributed by atoms with Crippen LogP contribution >= 0.6 is 11.6 Å². The Balaban J connectivity index is 1.52. The molecular formula is C22H31ClN6O. The molecule has 7 nitrogen and oxygen atoms in total. The molecule has 1 fully saturated rings. The first-order valence-electron chi connectivity index (χ1n) is 10.2. The fourth-order valence-electron chi connectivity index (χ4n) is 3.37. The summed E-state index contributed by atoms with van der Waals surface area (Å²) in [6, 6.07) is 11.5. The smallest absolute Gasteiger partial charge is 0.193 e. The molecule has 0 bridgehead atoms. The number of halogens is 1. The first-order chi connectivity index (χ1) is 14.6. The predicted molar refractivity (Wildman–Crippen MR) is 124 cm³/mol. The van der Waals surface area contributed by atoms with Gasteiger partial charge in [-0.15, -0.1) is 0 Å². The first kappa shape index (κ1) is 22.2. The van der Waals surface area contributed by atoms with Crippen LogP contribution in [0.5, 0.6) is 5.75 Å². The van der Waals surface area contributed by atoms with Crippen LogP contribution in [-0.2, 0) is 6.54 Å². The van der Waals surface area contributed by atoms with Gasteiger partial charge in [-0.05, 0) is 37.4 Å². The molecule has 0 radical (unpaired) electrons. The monoisotopic (exact) mass is 430 g/mol. The lowest BCUT2D eigenvalue weighted by Crippen LogP contribution is -2.45. The van der Waals surface area contributed by atoms with Gasteiger partial charge in [-0.2, -0.15) is 0 Å². The summed E-state index contributed by atoms with van der Waals surface area (Å²) < 4.78 is 5.79. The molecule has 1 aliphatic heterocycles. The number of ether oxygens (including phenoxy) is 1. The van der Waals surface area contributed by atoms with Crippen molar-refractivity contribution in [1.82, 2.24) is 20.1 Å². The van der Waals surface area contributed by atoms with Crippen LogP contribution < -0.4 is 15.0 Å². The number of hydrogen-bond donors (Lipinski definition) is 1. The molecule has 1 aliphatic rings. The maximum atomic E-state index is 5.91. The average Bonchev–Trinajstić information content (AvgIpc) is 2.76. The molecule has 0 aliphatic carbocycles. The maximum Gasteiger partial charge on any atom is 0.193 e. The Morgan fingerprint density at radius 1 is 1.20 bits per heavy atom. The van der Waals surface area contributed by atoms with E-state index in [1.807, 2.05) is 43.6 Å². The van der Waals surface area contributed by atoms with Crippen LogP contribution in [0.4, 0.5) is 5.82 Å². The zero-order chi connectivity index (χ0) is 21.3. The highest BCUT2D eigenvalue weighted by Crippen LogP contribution is 2.19. The predicted octanol–water partition coefficient (Wildman–Crippen LogP) is 2.57. The number of pyridine rings is 1. The van der Waals surface area contributed by atoms with E-state index in [0.29, 0.717) is 24.7 Å². The summed E-state index contributed by atoms with van der Waals surface area (Å²) in [7, 11) is 5.96. The summed E-state index contributed by atoms with van der Waals surface area (Å²) in [5.74, 6) is 2.69. The number of benzene rings is 1. The van der Waals surface area contributed by atoms with Crippen LogP contribution in [0.3, 0.4) is 0 Å². The minimum absolute atomic E-state index is 0.554. The van der Waals surface area contributed by atoms with Gasteiger partial charge in [0, 0.05) is 63.6 Å². The van der Waals surface area contributed by atoms with E-state index in [-0.39, 0.29) is 0 Å². The van der Waals surface area contributed by atoms with Crippen molar-refractivity contribution in [3.05, 3.63) is 53.2 Å². The topological polar surface area (TPSA) is 56.2 Å². The summed E-state index contributed by atoms with van der Waals surface area (Å²) in [4.78, 5) is 15.8. The molecule has 1 saturated heterocycles. The molecule has 162 valence electrons. The Bertz CT molecular complexity index is 821. The van der Waals surface area contributed by atoms with Gasteiger partial charge in [-0.3, -0.25) is 4.99 Å². The third-order valence-corrected chi connectivity index (χ3v) is 5.44. The van der Waals surface area contributed by atoms with Crippen molar-refractivity contribution in [2.24, 2.45) is 4.99 Å². The van der Waals surface area contributed by atoms with Crippen molar-refractivity contribution in [2.45, 2.75) is 6.54 Å². The third-order valence-electron chi connectivity index (χ3n) is 5.19. The minimum Gasteiger partial charge on any atom is -0.492 e. The van der Waals surface area contributed by atoms with Gasteiger partial charge in [-0.1, -0.05) is 17.7 Å². The van der Waals surface area contributed by atoms with Crippen molar-refractivity contribution in [3.8, 4) is 5.75 Å². The van der Waals surface area contributed by atoms with Gasteiger partial charge in [-0.25, -0.2) is 4.98 Å². The zero-order valence-electron chi connectivity index (χ0n) is 18.0. The lowest BCUT2D eigenvalue weighted by molar-refractivity contribution is 0.281. The van der Waals surface area contributed by atoms with Gasteiger partial charge in [0.2, 0.25) is 0 Å². The molecule has 0 atom stereocenters. The van der Waals surface area contributed by atoms with Crippen molar-refractivity contribution >= 4 is 23.4 Å². The minimum atomic E-state index is 0.554. The number of piperazine rings is 1. The van der Waals surface area contributed by atoms with Gasteiger partial charge in [0.05, 0.1) is 6.54 Å². The molecule has 2 heterocycles. The SMILES string of the molecule is CN=C(NCc1cccnc1N1CCN(C)CC1)N(C)CCOc1ccc(Cl)cc1. The van der Waals surface area contributed by atoms with Crippen LogP contribution in [0, 0.1) is 0 Å². The largest absolute Gasteiger partial charge is 0.492 e. The summed E-state index contributed by atoms with van der Waals surface area (Å²) in [6.45, 7) is 6.04. The van der Waals surface area contributed by atoms with Crippen molar-refractivity contribution in [2.75, 3.05) is 65.4 Å². The normalized spacial score (nSPS) is 15.2. The van der Waals surface area contributed by atoms with Crippen LogP contribution in [0.1, 0.15) is 5.56 Å². The third kappa shape index (κ3) is 6.24. The Kier molecular flexibility index (Phi) is 8.16. The molecule has 8 heteroatoms. The second kappa shape index (κ2) is 11.0. The van der Waals surface area contributed by atoms with E-state index >= 15 is 0 Å². The summed E-state index contributed by atoms with van der Waals surface area (Å²) in [5.41, 5.74) is 1.18. The van der Waals surface area contributed by atoms with E-state index in [2.05, 4.69) is 43.1 Å². The highest BCUT2D eigenvalue weighted by atomic mass is 35.5. The molecule has 0 spiro atoms. The highest BCUT2D eigenvalue weighted by Gasteiger charge is 2.18. The van der Waals surface area contributed by atoms with Crippen molar-refractivity contribution in [1.29, 1.82) is 0 Å². The molecule has 0 saturated carbocycles. The standard InChI is InChI=1S/C22H31ClN6O/c1-24-22(28(3)15-16-30-20-8-6-19(23)7-9-20)26-17-18-5-4-10-25-21(18)29-13-11-27(2)12-14-29/h4-10H,11-17H2,1-3H3,(H,24,26). The number of nitrogens with one attached hydrogen (secondary N) is 1. The van der Waals surface area contributed by atoms with Crippen LogP contribution in [0.15, 0.2) is 47.6 Å². The van der Waals surface area contributed by atoms with Crippen LogP contribution in [0.25, 0.3) is 0 Å². The molecular weight excluding hydrogens is 400 g/mol. The maximum absolute atomic E-state index is 5.91. The molecule has 3 rings (SSSR count). The van der Waals surface area contributed by atoms with E-state index in [9.17, 15) is 0 Å². The molecule has 1 aromatic carbocycles. The van der Waals surface area contributed by atoms with E-state index < -0.39 is 0 Å². The Hall–Kier alpha value is -2.51. The highest BCUT2D eigenvalue weighted by molar-refractivity contribution is 6.30. The summed E-state index contributed by atoms with van der Waals surface area (Å²) in [5, 5.41) is 4.16. The molecule has 30 heavy (non-hydrogen) atoms. The number of hydrogen-bond acceptors (Lipinski definition) is 5. The number of guanidine groups is 1. The van der Waals surface area contributed by atoms with Crippen molar-refractivity contribution in [3.63, 3.8) is 0 Å². The lowest BCUT2D eigenvalue weighted by Gasteiger charge is -2.34. The Labute approximate surface area is 184 Å². The quantitative estimate of drug-likeness (QED) is 0.538. The van der Waals surface area contributed by atoms with Crippen LogP contribution in [0.2, 0.25) is 5.02 Å². The summed E-state index contributed by atoms with van der Waals surface area (Å²) in [6.07, 6.45) is 1.87. The Morgan fingerprint density at radius 2 is 1.93 bits per heavy atom. The van der Waals surface area contributed by atoms with Crippen LogP contribution in [-0.4, -0.2) is 81.2 Å². The van der Waals surface area contributed by atoms with E-state index in [0.717, 1.165) is 43.7 Å². The van der Waals surface area contributed by atoms with Gasteiger partial charge in [0.1, 0.15) is 18.2 Å². The number of aromatic nitrogens is 1. The molecule has 1 aromatic heterocycles. The summed E-state index contributed by atoms with van der Waals surface area (Å²) >= 11 is 5.91. The molecule has 1 N–H and O–H groups in total. The zero-order valence-corrected chi connectivity index (χ0v) is 18.8. The first-order valence-corrected chi connectivity index (χ1v) is 10.6. The van der Waals surface area contributed by atoms with E-state index in [1.54, 1.807) is 7.05 Å². The second-order valence-electron chi connectivity index (χ2n) is 7.40. The Morgan fingerprint density at radius 3 is 2.63 bits per heavy atom. The number of rotatable bonds is 7. The van der Waals surface area contributed by atoms with Gasteiger partial charge >= 0.3 is 0 Å². The van der Waals surface area contributed by atoms with Gasteiger partial charge in [0.25, 0.3) is 0 Å². The number of likely N-dealkylation sites (N-methyl/N-ethyl adjacent to an activating group) is 2. The fourth-order valence-corrected chi connectivity index (χ4v) is 3.49. The number of aliphatic imine (C=N–C) groups is 1. The van der Waals surface area contributed by atoms with E-state index in [4.69, 9.17) is 16.3 Å². The van der Waals surface area contributed by atoms with Crippen molar-refractivity contribution < 1.29 is 4.74 Å². The average molecular weight is 431 g/mol. The molecule has 0 unspecified atom stereocenters. The molecule has 0 amide bonds. The fraction of sp³-hybridized carbons (Fsp3) is 0.455. The lowest BCUT2D eigenvalue weighted by atomic mass is 10.2. The van der Waals surface area contributed by atoms with E-state index in [1.165, 1.54) is 5.56 Å². The second-order valence-corrected chi connectivity index (χ2v) is 7.84. The van der Waals surface area contributed by atoms with Gasteiger partial charge < -0.3 is 24.8 Å². The number of anilines is 1. The van der Waals surface area contributed by atoms with Gasteiger partial charge in [0.15, 0.2) is 5.96 Å². The number of nitrogens with zero attached hydrogens (tertiary/aromatic N) is 5.